The lowest BCUT2D eigenvalue weighted by Crippen LogP contribution is -2.32. The smallest absolute Gasteiger partial charge is 0.320 e. The first-order valence-corrected chi connectivity index (χ1v) is 7.57. The molecule has 4 nitrogen and oxygen atoms in total. The fraction of sp³-hybridized carbons (Fsp3) is 0.188. The van der Waals surface area contributed by atoms with E-state index in [1.165, 1.54) is 0 Å². The van der Waals surface area contributed by atoms with Crippen molar-refractivity contribution in [3.8, 4) is 5.75 Å². The molecule has 0 saturated heterocycles. The van der Waals surface area contributed by atoms with Gasteiger partial charge >= 0.3 is 5.97 Å². The van der Waals surface area contributed by atoms with E-state index in [2.05, 4.69) is 22.6 Å². The Kier molecular flexibility index (Phi) is 7.64. The number of carboxylic acids is 1. The van der Waals surface area contributed by atoms with Crippen molar-refractivity contribution in [3.63, 3.8) is 0 Å². The van der Waals surface area contributed by atoms with Crippen molar-refractivity contribution in [2.24, 2.45) is 5.73 Å². The molecule has 0 aliphatic rings. The van der Waals surface area contributed by atoms with Gasteiger partial charge in [-0.1, -0.05) is 30.3 Å². The second kappa shape index (κ2) is 8.97. The van der Waals surface area contributed by atoms with Crippen LogP contribution in [-0.4, -0.2) is 17.1 Å². The zero-order valence-electron chi connectivity index (χ0n) is 11.7. The first-order valence-electron chi connectivity index (χ1n) is 6.50. The SMILES string of the molecule is Cl.NC(Cc1cc(I)ccc1OCc1ccccc1)C(=O)O. The zero-order chi connectivity index (χ0) is 15.2. The molecule has 0 amide bonds. The normalized spacial score (nSPS) is 11.4. The number of carbonyl (C=O) groups is 1. The summed E-state index contributed by atoms with van der Waals surface area (Å²) in [5.41, 5.74) is 7.49. The standard InChI is InChI=1S/C16H16INO3.ClH/c17-13-6-7-15(12(8-13)9-14(18)16(19)20)21-10-11-4-2-1-3-5-11;/h1-8,14H,9-10,18H2,(H,19,20);1H. The van der Waals surface area contributed by atoms with Crippen LogP contribution in [0.5, 0.6) is 5.75 Å². The van der Waals surface area contributed by atoms with Gasteiger partial charge in [-0.3, -0.25) is 4.79 Å². The van der Waals surface area contributed by atoms with E-state index < -0.39 is 12.0 Å². The van der Waals surface area contributed by atoms with Crippen molar-refractivity contribution in [2.75, 3.05) is 0 Å². The van der Waals surface area contributed by atoms with Crippen molar-refractivity contribution in [1.82, 2.24) is 0 Å². The minimum Gasteiger partial charge on any atom is -0.489 e. The molecule has 0 aromatic heterocycles. The average Bonchev–Trinajstić information content (AvgIpc) is 2.47. The van der Waals surface area contributed by atoms with E-state index in [1.807, 2.05) is 48.5 Å². The topological polar surface area (TPSA) is 72.5 Å². The Hall–Kier alpha value is -1.31. The van der Waals surface area contributed by atoms with Gasteiger partial charge in [-0.05, 0) is 51.9 Å². The van der Waals surface area contributed by atoms with Crippen LogP contribution >= 0.6 is 35.0 Å². The molecule has 2 aromatic carbocycles. The molecule has 0 heterocycles. The van der Waals surface area contributed by atoms with Gasteiger partial charge in [0.25, 0.3) is 0 Å². The van der Waals surface area contributed by atoms with Crippen molar-refractivity contribution >= 4 is 41.0 Å². The number of ether oxygens (including phenoxy) is 1. The van der Waals surface area contributed by atoms with E-state index in [-0.39, 0.29) is 18.8 Å². The molecular weight excluding hydrogens is 417 g/mol. The minimum atomic E-state index is -1.01. The Morgan fingerprint density at radius 3 is 2.55 bits per heavy atom. The number of carboxylic acid groups (broad SMARTS) is 1. The quantitative estimate of drug-likeness (QED) is 0.686. The summed E-state index contributed by atoms with van der Waals surface area (Å²) in [5, 5.41) is 8.94. The van der Waals surface area contributed by atoms with Crippen LogP contribution in [0.2, 0.25) is 0 Å². The second-order valence-corrected chi connectivity index (χ2v) is 5.92. The third kappa shape index (κ3) is 5.47. The Balaban J connectivity index is 0.00000242. The van der Waals surface area contributed by atoms with E-state index in [4.69, 9.17) is 15.6 Å². The first kappa shape index (κ1) is 18.7. The summed E-state index contributed by atoms with van der Waals surface area (Å²) in [6.07, 6.45) is 0.246. The van der Waals surface area contributed by atoms with Crippen LogP contribution < -0.4 is 10.5 Å². The molecule has 0 bridgehead atoms. The van der Waals surface area contributed by atoms with E-state index in [0.29, 0.717) is 12.4 Å². The van der Waals surface area contributed by atoms with Crippen LogP contribution in [0.1, 0.15) is 11.1 Å². The molecule has 3 N–H and O–H groups in total. The zero-order valence-corrected chi connectivity index (χ0v) is 14.7. The van der Waals surface area contributed by atoms with Crippen LogP contribution in [0.3, 0.4) is 0 Å². The van der Waals surface area contributed by atoms with Gasteiger partial charge in [0.05, 0.1) is 0 Å². The van der Waals surface area contributed by atoms with Gasteiger partial charge < -0.3 is 15.6 Å². The van der Waals surface area contributed by atoms with E-state index in [0.717, 1.165) is 14.7 Å². The number of nitrogens with two attached hydrogens (primary N) is 1. The summed E-state index contributed by atoms with van der Waals surface area (Å²) in [5.74, 6) is -0.334. The molecule has 118 valence electrons. The molecule has 1 atom stereocenters. The minimum absolute atomic E-state index is 0. The van der Waals surface area contributed by atoms with Gasteiger partial charge in [-0.2, -0.15) is 0 Å². The largest absolute Gasteiger partial charge is 0.489 e. The molecule has 1 unspecified atom stereocenters. The van der Waals surface area contributed by atoms with Gasteiger partial charge in [0.15, 0.2) is 0 Å². The average molecular weight is 434 g/mol. The number of halogens is 2. The van der Waals surface area contributed by atoms with Gasteiger partial charge in [0.2, 0.25) is 0 Å². The Morgan fingerprint density at radius 1 is 1.23 bits per heavy atom. The van der Waals surface area contributed by atoms with Crippen LogP contribution in [0.25, 0.3) is 0 Å². The number of rotatable bonds is 6. The van der Waals surface area contributed by atoms with Gasteiger partial charge in [0.1, 0.15) is 18.4 Å². The second-order valence-electron chi connectivity index (χ2n) is 4.68. The lowest BCUT2D eigenvalue weighted by Gasteiger charge is -2.14. The first-order chi connectivity index (χ1) is 10.1. The monoisotopic (exact) mass is 433 g/mol. The van der Waals surface area contributed by atoms with Crippen molar-refractivity contribution < 1.29 is 14.6 Å². The van der Waals surface area contributed by atoms with Crippen LogP contribution in [0, 0.1) is 3.57 Å². The highest BCUT2D eigenvalue weighted by Crippen LogP contribution is 2.23. The van der Waals surface area contributed by atoms with Gasteiger partial charge in [-0.25, -0.2) is 0 Å². The molecule has 0 saturated carbocycles. The van der Waals surface area contributed by atoms with Crippen molar-refractivity contribution in [3.05, 3.63) is 63.2 Å². The summed E-state index contributed by atoms with van der Waals surface area (Å²) in [7, 11) is 0. The van der Waals surface area contributed by atoms with E-state index in [9.17, 15) is 4.79 Å². The molecule has 2 rings (SSSR count). The maximum absolute atomic E-state index is 10.9. The Labute approximate surface area is 149 Å². The third-order valence-electron chi connectivity index (χ3n) is 3.02. The predicted molar refractivity (Wildman–Crippen MR) is 96.5 cm³/mol. The molecule has 22 heavy (non-hydrogen) atoms. The summed E-state index contributed by atoms with van der Waals surface area (Å²) in [6.45, 7) is 0.441. The summed E-state index contributed by atoms with van der Waals surface area (Å²) in [6, 6.07) is 14.6. The van der Waals surface area contributed by atoms with Crippen molar-refractivity contribution in [1.29, 1.82) is 0 Å². The number of aliphatic carboxylic acids is 1. The highest BCUT2D eigenvalue weighted by atomic mass is 127. The molecule has 6 heteroatoms. The van der Waals surface area contributed by atoms with Gasteiger partial charge in [-0.15, -0.1) is 12.4 Å². The fourth-order valence-electron chi connectivity index (χ4n) is 1.91. The molecule has 0 fully saturated rings. The van der Waals surface area contributed by atoms with Crippen LogP contribution in [0.4, 0.5) is 0 Å². The van der Waals surface area contributed by atoms with Gasteiger partial charge in [0, 0.05) is 9.99 Å². The maximum Gasteiger partial charge on any atom is 0.320 e. The third-order valence-corrected chi connectivity index (χ3v) is 3.69. The lowest BCUT2D eigenvalue weighted by atomic mass is 10.1. The number of hydrogen-bond donors (Lipinski definition) is 2. The van der Waals surface area contributed by atoms with Crippen LogP contribution in [0.15, 0.2) is 48.5 Å². The summed E-state index contributed by atoms with van der Waals surface area (Å²) in [4.78, 5) is 10.9. The predicted octanol–water partition coefficient (Wildman–Crippen LogP) is 3.25. The maximum atomic E-state index is 10.9. The van der Waals surface area contributed by atoms with E-state index >= 15 is 0 Å². The Morgan fingerprint density at radius 2 is 1.91 bits per heavy atom. The Bertz CT molecular complexity index is 622. The highest BCUT2D eigenvalue weighted by molar-refractivity contribution is 14.1. The molecule has 0 aliphatic heterocycles. The summed E-state index contributed by atoms with van der Waals surface area (Å²) < 4.78 is 6.83. The molecule has 0 radical (unpaired) electrons. The van der Waals surface area contributed by atoms with Crippen molar-refractivity contribution in [2.45, 2.75) is 19.1 Å². The summed E-state index contributed by atoms with van der Waals surface area (Å²) >= 11 is 2.18. The van der Waals surface area contributed by atoms with Crippen LogP contribution in [-0.2, 0) is 17.8 Å². The molecule has 0 spiro atoms. The molecular formula is C16H17ClINO3. The number of hydrogen-bond acceptors (Lipinski definition) is 3. The fourth-order valence-corrected chi connectivity index (χ4v) is 2.46. The number of benzene rings is 2. The van der Waals surface area contributed by atoms with E-state index in [1.54, 1.807) is 0 Å². The highest BCUT2D eigenvalue weighted by Gasteiger charge is 2.15. The molecule has 2 aromatic rings. The molecule has 0 aliphatic carbocycles. The lowest BCUT2D eigenvalue weighted by molar-refractivity contribution is -0.138.